The van der Waals surface area contributed by atoms with Gasteiger partial charge in [0, 0.05) is 17.9 Å². The van der Waals surface area contributed by atoms with E-state index in [-0.39, 0.29) is 29.9 Å². The van der Waals surface area contributed by atoms with Crippen molar-refractivity contribution < 1.29 is 29.0 Å². The molecule has 1 N–H and O–H groups in total. The first-order valence-electron chi connectivity index (χ1n) is 13.2. The Morgan fingerprint density at radius 1 is 1.31 bits per heavy atom. The van der Waals surface area contributed by atoms with Crippen LogP contribution < -0.4 is 0 Å². The molecule has 3 aliphatic heterocycles. The number of carbonyl (C=O) groups is 3. The monoisotopic (exact) mass is 568 g/mol. The molecule has 0 aliphatic carbocycles. The van der Waals surface area contributed by atoms with Gasteiger partial charge >= 0.3 is 5.97 Å². The highest BCUT2D eigenvalue weighted by atomic mass is 79.9. The van der Waals surface area contributed by atoms with Gasteiger partial charge in [0.05, 0.1) is 37.2 Å². The molecule has 3 saturated heterocycles. The number of carbonyl (C=O) groups excluding carboxylic acids is 3. The van der Waals surface area contributed by atoms with Crippen molar-refractivity contribution in [2.75, 3.05) is 26.3 Å². The summed E-state index contributed by atoms with van der Waals surface area (Å²) < 4.78 is 12.1. The van der Waals surface area contributed by atoms with Gasteiger partial charge in [0.25, 0.3) is 0 Å². The molecule has 0 aromatic carbocycles. The van der Waals surface area contributed by atoms with E-state index in [1.54, 1.807) is 17.1 Å². The average Bonchev–Trinajstić information content (AvgIpc) is 3.45. The van der Waals surface area contributed by atoms with Crippen LogP contribution >= 0.6 is 15.9 Å². The lowest BCUT2D eigenvalue weighted by Crippen LogP contribution is -2.59. The van der Waals surface area contributed by atoms with Gasteiger partial charge in [-0.25, -0.2) is 0 Å². The summed E-state index contributed by atoms with van der Waals surface area (Å²) in [7, 11) is 0. The number of aliphatic hydroxyl groups excluding tert-OH is 1. The number of nitrogens with zero attached hydrogens (tertiary/aromatic N) is 2. The third kappa shape index (κ3) is 5.16. The first-order chi connectivity index (χ1) is 17.3. The van der Waals surface area contributed by atoms with Crippen LogP contribution in [0.2, 0.25) is 0 Å². The van der Waals surface area contributed by atoms with Crippen molar-refractivity contribution in [3.63, 3.8) is 0 Å². The number of ether oxygens (including phenoxy) is 2. The highest BCUT2D eigenvalue weighted by molar-refractivity contribution is 9.09. The van der Waals surface area contributed by atoms with Gasteiger partial charge in [0.1, 0.15) is 11.6 Å². The summed E-state index contributed by atoms with van der Waals surface area (Å²) in [5, 5.41) is 10.2. The van der Waals surface area contributed by atoms with Crippen molar-refractivity contribution in [3.05, 3.63) is 25.3 Å². The van der Waals surface area contributed by atoms with E-state index in [0.29, 0.717) is 32.4 Å². The van der Waals surface area contributed by atoms with E-state index in [4.69, 9.17) is 9.47 Å². The van der Waals surface area contributed by atoms with Crippen molar-refractivity contribution in [1.29, 1.82) is 0 Å². The van der Waals surface area contributed by atoms with E-state index in [2.05, 4.69) is 36.0 Å². The number of hydrogen-bond donors (Lipinski definition) is 1. The summed E-state index contributed by atoms with van der Waals surface area (Å²) in [6.45, 7) is 12.3. The minimum absolute atomic E-state index is 0.190. The lowest BCUT2D eigenvalue weighted by atomic mass is 9.70. The molecule has 7 atom stereocenters. The molecule has 36 heavy (non-hydrogen) atoms. The Morgan fingerprint density at radius 3 is 2.67 bits per heavy atom. The average molecular weight is 570 g/mol. The summed E-state index contributed by atoms with van der Waals surface area (Å²) in [5.41, 5.74) is -1.15. The minimum atomic E-state index is -1.15. The SMILES string of the molecule is C=CCCCOC(=O)[C@H]1[C@H]2C(=O)N([C@@H](CC)CO)C(C(=O)N(CC=C)CCCCC)C23CC(Br)[C@@H]1O3. The van der Waals surface area contributed by atoms with E-state index in [0.717, 1.165) is 25.7 Å². The Hall–Kier alpha value is -1.71. The first kappa shape index (κ1) is 28.9. The van der Waals surface area contributed by atoms with E-state index in [1.165, 1.54) is 4.90 Å². The summed E-state index contributed by atoms with van der Waals surface area (Å²) in [5.74, 6) is -2.61. The van der Waals surface area contributed by atoms with Crippen LogP contribution in [0.5, 0.6) is 0 Å². The molecule has 3 heterocycles. The van der Waals surface area contributed by atoms with Crippen molar-refractivity contribution in [1.82, 2.24) is 9.80 Å². The van der Waals surface area contributed by atoms with Crippen LogP contribution in [0.3, 0.4) is 0 Å². The third-order valence-corrected chi connectivity index (χ3v) is 8.64. The second-order valence-corrected chi connectivity index (χ2v) is 11.2. The Bertz CT molecular complexity index is 833. The van der Waals surface area contributed by atoms with E-state index >= 15 is 0 Å². The molecule has 0 aromatic rings. The Labute approximate surface area is 223 Å². The van der Waals surface area contributed by atoms with E-state index < -0.39 is 41.6 Å². The lowest BCUT2D eigenvalue weighted by molar-refractivity contribution is -0.156. The van der Waals surface area contributed by atoms with Crippen molar-refractivity contribution in [2.24, 2.45) is 11.8 Å². The van der Waals surface area contributed by atoms with Gasteiger partial charge in [-0.15, -0.1) is 13.2 Å². The normalized spacial score (nSPS) is 31.3. The lowest BCUT2D eigenvalue weighted by Gasteiger charge is -2.39. The summed E-state index contributed by atoms with van der Waals surface area (Å²) in [6.07, 6.45) is 8.03. The predicted molar refractivity (Wildman–Crippen MR) is 140 cm³/mol. The number of esters is 1. The fourth-order valence-corrected chi connectivity index (χ4v) is 7.04. The molecule has 0 aromatic heterocycles. The van der Waals surface area contributed by atoms with Crippen LogP contribution in [0.1, 0.15) is 58.8 Å². The number of halogens is 1. The summed E-state index contributed by atoms with van der Waals surface area (Å²) >= 11 is 3.67. The first-order valence-corrected chi connectivity index (χ1v) is 14.2. The smallest absolute Gasteiger partial charge is 0.312 e. The molecular formula is C27H41BrN2O6. The van der Waals surface area contributed by atoms with Crippen LogP contribution in [0.25, 0.3) is 0 Å². The number of amides is 2. The number of unbranched alkanes of at least 4 members (excludes halogenated alkanes) is 3. The summed E-state index contributed by atoms with van der Waals surface area (Å²) in [6, 6.07) is -1.47. The number of likely N-dealkylation sites (tertiary alicyclic amines) is 1. The molecule has 0 saturated carbocycles. The van der Waals surface area contributed by atoms with Crippen LogP contribution in [0.15, 0.2) is 25.3 Å². The standard InChI is InChI=1S/C27H41BrN2O6/c1-5-9-11-14-29(13-7-3)25(33)23-27-16-19(28)22(36-27)20(26(34)35-15-12-10-6-2)21(27)24(32)30(23)18(8-4)17-31/h6-7,18-23,31H,2-3,5,8-17H2,1,4H3/t18-,19?,20-,21-,22-,23?,27?/m0/s1. The van der Waals surface area contributed by atoms with Crippen molar-refractivity contribution >= 4 is 33.7 Å². The van der Waals surface area contributed by atoms with Gasteiger partial charge in [-0.3, -0.25) is 14.4 Å². The van der Waals surface area contributed by atoms with Crippen LogP contribution in [0, 0.1) is 11.8 Å². The Kier molecular flexibility index (Phi) is 10.2. The van der Waals surface area contributed by atoms with Gasteiger partial charge in [0.2, 0.25) is 11.8 Å². The van der Waals surface area contributed by atoms with Gasteiger partial charge in [-0.1, -0.05) is 54.8 Å². The number of alkyl halides is 1. The maximum Gasteiger partial charge on any atom is 0.312 e. The number of allylic oxidation sites excluding steroid dienone is 1. The third-order valence-electron chi connectivity index (χ3n) is 7.80. The molecule has 8 nitrogen and oxygen atoms in total. The molecule has 9 heteroatoms. The molecule has 2 bridgehead atoms. The second kappa shape index (κ2) is 12.7. The Morgan fingerprint density at radius 2 is 2.06 bits per heavy atom. The molecule has 3 fully saturated rings. The highest BCUT2D eigenvalue weighted by Crippen LogP contribution is 2.60. The van der Waals surface area contributed by atoms with Crippen molar-refractivity contribution in [3.8, 4) is 0 Å². The molecule has 202 valence electrons. The fraction of sp³-hybridized carbons (Fsp3) is 0.741. The zero-order valence-electron chi connectivity index (χ0n) is 21.6. The van der Waals surface area contributed by atoms with Crippen LogP contribution in [-0.2, 0) is 23.9 Å². The zero-order chi connectivity index (χ0) is 26.5. The molecule has 0 radical (unpaired) electrons. The van der Waals surface area contributed by atoms with E-state index in [1.807, 2.05) is 6.92 Å². The van der Waals surface area contributed by atoms with Gasteiger partial charge in [0.15, 0.2) is 0 Å². The number of hydrogen-bond acceptors (Lipinski definition) is 6. The van der Waals surface area contributed by atoms with Gasteiger partial charge in [-0.05, 0) is 32.1 Å². The molecule has 1 spiro atoms. The fourth-order valence-electron chi connectivity index (χ4n) is 6.09. The quantitative estimate of drug-likeness (QED) is 0.141. The van der Waals surface area contributed by atoms with Crippen LogP contribution in [0.4, 0.5) is 0 Å². The topological polar surface area (TPSA) is 96.4 Å². The molecule has 3 rings (SSSR count). The second-order valence-electron chi connectivity index (χ2n) is 10.0. The van der Waals surface area contributed by atoms with Crippen molar-refractivity contribution in [2.45, 2.75) is 87.4 Å². The Balaban J connectivity index is 1.99. The van der Waals surface area contributed by atoms with E-state index in [9.17, 15) is 19.5 Å². The zero-order valence-corrected chi connectivity index (χ0v) is 23.2. The number of rotatable bonds is 15. The molecule has 3 aliphatic rings. The minimum Gasteiger partial charge on any atom is -0.465 e. The summed E-state index contributed by atoms with van der Waals surface area (Å²) in [4.78, 5) is 44.5. The van der Waals surface area contributed by atoms with Gasteiger partial charge in [-0.2, -0.15) is 0 Å². The predicted octanol–water partition coefficient (Wildman–Crippen LogP) is 3.22. The largest absolute Gasteiger partial charge is 0.465 e. The maximum atomic E-state index is 14.2. The van der Waals surface area contributed by atoms with Crippen LogP contribution in [-0.4, -0.2) is 87.6 Å². The molecule has 3 unspecified atom stereocenters. The number of fused-ring (bicyclic) bond motifs is 1. The number of aliphatic hydroxyl groups is 1. The highest BCUT2D eigenvalue weighted by Gasteiger charge is 2.77. The molecule has 2 amide bonds. The maximum absolute atomic E-state index is 14.2. The molecular weight excluding hydrogens is 528 g/mol. The van der Waals surface area contributed by atoms with Gasteiger partial charge < -0.3 is 24.4 Å².